The van der Waals surface area contributed by atoms with E-state index in [2.05, 4.69) is 13.0 Å². The third-order valence-corrected chi connectivity index (χ3v) is 3.38. The van der Waals surface area contributed by atoms with Crippen LogP contribution in [0.25, 0.3) is 0 Å². The van der Waals surface area contributed by atoms with Crippen molar-refractivity contribution in [3.63, 3.8) is 0 Å². The van der Waals surface area contributed by atoms with E-state index in [1.165, 1.54) is 11.1 Å². The normalized spacial score (nSPS) is 20.6. The molecule has 116 valence electrons. The Morgan fingerprint density at radius 2 is 1.90 bits per heavy atom. The summed E-state index contributed by atoms with van der Waals surface area (Å²) in [5, 5.41) is 0. The summed E-state index contributed by atoms with van der Waals surface area (Å²) in [6, 6.07) is 0. The highest BCUT2D eigenvalue weighted by atomic mass is 16.5. The smallest absolute Gasteiger partial charge is 0.334 e. The molecule has 0 bridgehead atoms. The van der Waals surface area contributed by atoms with Crippen LogP contribution in [0.1, 0.15) is 59.8 Å². The fraction of sp³-hybridized carbons (Fsp3) is 0.556. The molecule has 0 amide bonds. The van der Waals surface area contributed by atoms with Gasteiger partial charge in [0.25, 0.3) is 0 Å². The van der Waals surface area contributed by atoms with Gasteiger partial charge in [-0.25, -0.2) is 4.79 Å². The molecule has 1 fully saturated rings. The van der Waals surface area contributed by atoms with Crippen LogP contribution >= 0.6 is 0 Å². The Balaban J connectivity index is 2.41. The molecule has 0 radical (unpaired) electrons. The third kappa shape index (κ3) is 7.07. The number of cyclic esters (lactones) is 1. The third-order valence-electron chi connectivity index (χ3n) is 3.38. The largest absolute Gasteiger partial charge is 0.454 e. The number of rotatable bonds is 7. The predicted molar refractivity (Wildman–Crippen MR) is 84.9 cm³/mol. The Labute approximate surface area is 127 Å². The molecule has 1 aliphatic rings. The van der Waals surface area contributed by atoms with Gasteiger partial charge in [-0.15, -0.1) is 0 Å². The molecule has 0 spiro atoms. The van der Waals surface area contributed by atoms with Crippen molar-refractivity contribution in [3.8, 4) is 0 Å². The van der Waals surface area contributed by atoms with Crippen LogP contribution in [-0.4, -0.2) is 17.9 Å². The Morgan fingerprint density at radius 3 is 2.52 bits per heavy atom. The van der Waals surface area contributed by atoms with E-state index in [0.29, 0.717) is 12.8 Å². The quantitative estimate of drug-likeness (QED) is 0.399. The zero-order valence-corrected chi connectivity index (χ0v) is 13.6. The predicted octanol–water partition coefficient (Wildman–Crippen LogP) is 4.29. The van der Waals surface area contributed by atoms with E-state index in [1.807, 2.05) is 26.0 Å². The molecule has 3 heteroatoms. The minimum atomic E-state index is -0.185. The van der Waals surface area contributed by atoms with E-state index in [1.54, 1.807) is 6.92 Å². The lowest BCUT2D eigenvalue weighted by Crippen LogP contribution is -2.02. The monoisotopic (exact) mass is 290 g/mol. The standard InChI is InChI=1S/C18H26O3/c1-13(2)11-17-12-16(18(20)21-17)10-6-8-14(3)7-5-9-15(4)19/h7,10-11,17H,5-6,8-9,12H2,1-4H3. The second-order valence-electron chi connectivity index (χ2n) is 5.95. The summed E-state index contributed by atoms with van der Waals surface area (Å²) in [7, 11) is 0. The molecule has 0 aromatic carbocycles. The SMILES string of the molecule is CC(=O)CCC=C(C)CCC=C1CC(C=C(C)C)OC1=O. The van der Waals surface area contributed by atoms with Crippen LogP contribution in [0.2, 0.25) is 0 Å². The maximum Gasteiger partial charge on any atom is 0.334 e. The molecule has 0 saturated carbocycles. The number of allylic oxidation sites excluding steroid dienone is 4. The fourth-order valence-electron chi connectivity index (χ4n) is 2.28. The van der Waals surface area contributed by atoms with Gasteiger partial charge >= 0.3 is 5.97 Å². The number of carbonyl (C=O) groups is 2. The van der Waals surface area contributed by atoms with E-state index in [-0.39, 0.29) is 17.9 Å². The first-order valence-electron chi connectivity index (χ1n) is 7.58. The molecule has 1 rings (SSSR count). The lowest BCUT2D eigenvalue weighted by Gasteiger charge is -2.01. The molecule has 0 N–H and O–H groups in total. The lowest BCUT2D eigenvalue weighted by atomic mass is 10.0. The molecule has 1 aliphatic heterocycles. The molecule has 1 unspecified atom stereocenters. The van der Waals surface area contributed by atoms with Gasteiger partial charge in [0.2, 0.25) is 0 Å². The van der Waals surface area contributed by atoms with Crippen molar-refractivity contribution in [3.05, 3.63) is 34.9 Å². The highest BCUT2D eigenvalue weighted by Gasteiger charge is 2.26. The molecule has 1 atom stereocenters. The van der Waals surface area contributed by atoms with E-state index < -0.39 is 0 Å². The zero-order valence-electron chi connectivity index (χ0n) is 13.6. The zero-order chi connectivity index (χ0) is 15.8. The first-order chi connectivity index (χ1) is 9.88. The van der Waals surface area contributed by atoms with E-state index in [0.717, 1.165) is 24.8 Å². The molecule has 0 aromatic rings. The first-order valence-corrected chi connectivity index (χ1v) is 7.58. The van der Waals surface area contributed by atoms with Crippen molar-refractivity contribution >= 4 is 11.8 Å². The number of carbonyl (C=O) groups excluding carboxylic acids is 2. The number of esters is 1. The highest BCUT2D eigenvalue weighted by Crippen LogP contribution is 2.23. The van der Waals surface area contributed by atoms with Crippen molar-refractivity contribution in [2.24, 2.45) is 0 Å². The van der Waals surface area contributed by atoms with E-state index >= 15 is 0 Å². The minimum absolute atomic E-state index is 0.0963. The van der Waals surface area contributed by atoms with Crippen molar-refractivity contribution in [1.29, 1.82) is 0 Å². The Bertz CT molecular complexity index is 477. The van der Waals surface area contributed by atoms with Gasteiger partial charge in [-0.3, -0.25) is 0 Å². The van der Waals surface area contributed by atoms with Gasteiger partial charge in [0.1, 0.15) is 11.9 Å². The Hall–Kier alpha value is -1.64. The Kier molecular flexibility index (Phi) is 7.13. The maximum absolute atomic E-state index is 11.7. The molecule has 21 heavy (non-hydrogen) atoms. The lowest BCUT2D eigenvalue weighted by molar-refractivity contribution is -0.137. The first kappa shape index (κ1) is 17.4. The summed E-state index contributed by atoms with van der Waals surface area (Å²) >= 11 is 0. The molecular weight excluding hydrogens is 264 g/mol. The van der Waals surface area contributed by atoms with Crippen LogP contribution in [0.3, 0.4) is 0 Å². The molecule has 3 nitrogen and oxygen atoms in total. The van der Waals surface area contributed by atoms with Crippen molar-refractivity contribution < 1.29 is 14.3 Å². The van der Waals surface area contributed by atoms with Gasteiger partial charge in [-0.1, -0.05) is 23.3 Å². The topological polar surface area (TPSA) is 43.4 Å². The highest BCUT2D eigenvalue weighted by molar-refractivity contribution is 5.90. The summed E-state index contributed by atoms with van der Waals surface area (Å²) in [6.07, 6.45) is 9.85. The molecular formula is C18H26O3. The van der Waals surface area contributed by atoms with Gasteiger partial charge in [-0.05, 0) is 53.0 Å². The molecule has 0 aliphatic carbocycles. The van der Waals surface area contributed by atoms with Gasteiger partial charge in [-0.2, -0.15) is 0 Å². The second kappa shape index (κ2) is 8.60. The van der Waals surface area contributed by atoms with Gasteiger partial charge in [0.05, 0.1) is 0 Å². The van der Waals surface area contributed by atoms with Crippen LogP contribution in [-0.2, 0) is 14.3 Å². The number of ketones is 1. The summed E-state index contributed by atoms with van der Waals surface area (Å²) in [5.74, 6) is 0.0379. The maximum atomic E-state index is 11.7. The minimum Gasteiger partial charge on any atom is -0.454 e. The summed E-state index contributed by atoms with van der Waals surface area (Å²) < 4.78 is 5.30. The average Bonchev–Trinajstić information content (AvgIpc) is 2.68. The number of Topliss-reactive ketones (excluding diaryl/α,β-unsaturated/α-hetero) is 1. The second-order valence-corrected chi connectivity index (χ2v) is 5.95. The molecule has 1 heterocycles. The molecule has 1 saturated heterocycles. The summed E-state index contributed by atoms with van der Waals surface area (Å²) in [4.78, 5) is 22.6. The average molecular weight is 290 g/mol. The van der Waals surface area contributed by atoms with Crippen molar-refractivity contribution in [2.75, 3.05) is 0 Å². The van der Waals surface area contributed by atoms with Gasteiger partial charge in [0, 0.05) is 18.4 Å². The van der Waals surface area contributed by atoms with Crippen LogP contribution in [0, 0.1) is 0 Å². The van der Waals surface area contributed by atoms with Crippen LogP contribution in [0.5, 0.6) is 0 Å². The van der Waals surface area contributed by atoms with Crippen LogP contribution in [0.15, 0.2) is 34.9 Å². The van der Waals surface area contributed by atoms with Crippen molar-refractivity contribution in [1.82, 2.24) is 0 Å². The molecule has 0 aromatic heterocycles. The van der Waals surface area contributed by atoms with Gasteiger partial charge in [0.15, 0.2) is 0 Å². The van der Waals surface area contributed by atoms with Crippen LogP contribution < -0.4 is 0 Å². The van der Waals surface area contributed by atoms with Crippen LogP contribution in [0.4, 0.5) is 0 Å². The van der Waals surface area contributed by atoms with Gasteiger partial charge < -0.3 is 9.53 Å². The fourth-order valence-corrected chi connectivity index (χ4v) is 2.28. The van der Waals surface area contributed by atoms with E-state index in [4.69, 9.17) is 4.74 Å². The summed E-state index contributed by atoms with van der Waals surface area (Å²) in [5.41, 5.74) is 3.22. The Morgan fingerprint density at radius 1 is 1.19 bits per heavy atom. The van der Waals surface area contributed by atoms with Crippen molar-refractivity contribution in [2.45, 2.75) is 65.9 Å². The van der Waals surface area contributed by atoms with E-state index in [9.17, 15) is 9.59 Å². The summed E-state index contributed by atoms with van der Waals surface area (Å²) in [6.45, 7) is 7.69. The number of ether oxygens (including phenoxy) is 1. The number of hydrogen-bond donors (Lipinski definition) is 0. The number of hydrogen-bond acceptors (Lipinski definition) is 3.